The molecule has 0 bridgehead atoms. The first-order valence-electron chi connectivity index (χ1n) is 6.92. The molecular formula is C14H27F2N. The van der Waals surface area contributed by atoms with E-state index >= 15 is 0 Å². The van der Waals surface area contributed by atoms with E-state index in [1.54, 1.807) is 0 Å². The van der Waals surface area contributed by atoms with E-state index in [2.05, 4.69) is 27.7 Å². The van der Waals surface area contributed by atoms with Gasteiger partial charge in [0.2, 0.25) is 0 Å². The fourth-order valence-electron chi connectivity index (χ4n) is 3.24. The van der Waals surface area contributed by atoms with Crippen LogP contribution in [-0.4, -0.2) is 31.0 Å². The van der Waals surface area contributed by atoms with Crippen molar-refractivity contribution < 1.29 is 8.78 Å². The molecule has 3 heteroatoms. The molecule has 1 aliphatic heterocycles. The summed E-state index contributed by atoms with van der Waals surface area (Å²) < 4.78 is 24.8. The Hall–Kier alpha value is -0.180. The molecule has 0 aromatic heterocycles. The molecule has 0 amide bonds. The first-order valence-corrected chi connectivity index (χ1v) is 6.92. The number of hydrogen-bond acceptors (Lipinski definition) is 1. The molecule has 0 aromatic carbocycles. The number of rotatable bonds is 4. The van der Waals surface area contributed by atoms with Gasteiger partial charge in [0.25, 0.3) is 6.43 Å². The Kier molecular flexibility index (Phi) is 5.84. The lowest BCUT2D eigenvalue weighted by molar-refractivity contribution is 0.0889. The molecule has 1 nitrogen and oxygen atoms in total. The van der Waals surface area contributed by atoms with Gasteiger partial charge >= 0.3 is 0 Å². The maximum atomic E-state index is 12.4. The zero-order valence-corrected chi connectivity index (χ0v) is 11.6. The zero-order valence-electron chi connectivity index (χ0n) is 11.6. The van der Waals surface area contributed by atoms with Crippen LogP contribution in [0.5, 0.6) is 0 Å². The summed E-state index contributed by atoms with van der Waals surface area (Å²) >= 11 is 0. The summed E-state index contributed by atoms with van der Waals surface area (Å²) in [6.45, 7) is 10.7. The van der Waals surface area contributed by atoms with Crippen molar-refractivity contribution in [2.75, 3.05) is 19.6 Å². The maximum absolute atomic E-state index is 12.4. The van der Waals surface area contributed by atoms with Crippen LogP contribution in [0.15, 0.2) is 0 Å². The standard InChI is InChI=1S/C14H27F2N/c1-10(2)12-5-7-17(9-14(15)16)8-6-13(12)11(3)4/h10-14H,5-9H2,1-4H3. The van der Waals surface area contributed by atoms with Gasteiger partial charge in [-0.2, -0.15) is 0 Å². The quantitative estimate of drug-likeness (QED) is 0.728. The summed E-state index contributed by atoms with van der Waals surface area (Å²) in [5.41, 5.74) is 0. The molecule has 1 saturated heterocycles. The smallest absolute Gasteiger partial charge is 0.251 e. The second-order valence-corrected chi connectivity index (χ2v) is 6.08. The van der Waals surface area contributed by atoms with Crippen LogP contribution in [0, 0.1) is 23.7 Å². The molecule has 0 aliphatic carbocycles. The topological polar surface area (TPSA) is 3.24 Å². The lowest BCUT2D eigenvalue weighted by atomic mass is 9.74. The molecule has 17 heavy (non-hydrogen) atoms. The number of alkyl halides is 2. The monoisotopic (exact) mass is 247 g/mol. The number of nitrogens with zero attached hydrogens (tertiary/aromatic N) is 1. The molecule has 0 spiro atoms. The van der Waals surface area contributed by atoms with Crippen molar-refractivity contribution in [3.8, 4) is 0 Å². The van der Waals surface area contributed by atoms with Crippen LogP contribution in [0.3, 0.4) is 0 Å². The normalized spacial score (nSPS) is 28.1. The fraction of sp³-hybridized carbons (Fsp3) is 1.00. The van der Waals surface area contributed by atoms with Gasteiger partial charge in [-0.05, 0) is 49.6 Å². The van der Waals surface area contributed by atoms with Crippen LogP contribution >= 0.6 is 0 Å². The molecule has 0 N–H and O–H groups in total. The summed E-state index contributed by atoms with van der Waals surface area (Å²) in [6.07, 6.45) is -0.0383. The third kappa shape index (κ3) is 4.53. The SMILES string of the molecule is CC(C)C1CCN(CC(F)F)CCC1C(C)C. The molecule has 1 heterocycles. The molecule has 1 rings (SSSR count). The van der Waals surface area contributed by atoms with Crippen LogP contribution in [0.1, 0.15) is 40.5 Å². The van der Waals surface area contributed by atoms with E-state index in [0.29, 0.717) is 23.7 Å². The predicted octanol–water partition coefficient (Wildman–Crippen LogP) is 3.89. The highest BCUT2D eigenvalue weighted by molar-refractivity contribution is 4.81. The first kappa shape index (κ1) is 14.9. The van der Waals surface area contributed by atoms with Gasteiger partial charge in [-0.15, -0.1) is 0 Å². The number of hydrogen-bond donors (Lipinski definition) is 0. The average Bonchev–Trinajstić information content (AvgIpc) is 2.39. The molecule has 0 saturated carbocycles. The Morgan fingerprint density at radius 1 is 0.941 bits per heavy atom. The minimum Gasteiger partial charge on any atom is -0.298 e. The van der Waals surface area contributed by atoms with Gasteiger partial charge < -0.3 is 0 Å². The highest BCUT2D eigenvalue weighted by Crippen LogP contribution is 2.35. The second-order valence-electron chi connectivity index (χ2n) is 6.08. The molecule has 102 valence electrons. The van der Waals surface area contributed by atoms with Crippen molar-refractivity contribution >= 4 is 0 Å². The molecule has 1 aliphatic rings. The van der Waals surface area contributed by atoms with Crippen LogP contribution in [0.25, 0.3) is 0 Å². The third-order valence-electron chi connectivity index (χ3n) is 4.22. The Morgan fingerprint density at radius 2 is 1.35 bits per heavy atom. The molecule has 1 fully saturated rings. The summed E-state index contributed by atoms with van der Waals surface area (Å²) in [5, 5.41) is 0. The second kappa shape index (κ2) is 6.67. The van der Waals surface area contributed by atoms with Gasteiger partial charge in [0, 0.05) is 0 Å². The lowest BCUT2D eigenvalue weighted by Crippen LogP contribution is -2.30. The van der Waals surface area contributed by atoms with E-state index in [-0.39, 0.29) is 6.54 Å². The Bertz CT molecular complexity index is 198. The Balaban J connectivity index is 2.62. The average molecular weight is 247 g/mol. The molecule has 2 atom stereocenters. The van der Waals surface area contributed by atoms with Gasteiger partial charge in [0.15, 0.2) is 0 Å². The van der Waals surface area contributed by atoms with Crippen LogP contribution in [0.2, 0.25) is 0 Å². The van der Waals surface area contributed by atoms with Gasteiger partial charge in [0.05, 0.1) is 6.54 Å². The Labute approximate surface area is 105 Å². The molecular weight excluding hydrogens is 220 g/mol. The van der Waals surface area contributed by atoms with E-state index in [1.807, 2.05) is 4.90 Å². The van der Waals surface area contributed by atoms with E-state index in [0.717, 1.165) is 25.9 Å². The van der Waals surface area contributed by atoms with E-state index in [1.165, 1.54) is 0 Å². The van der Waals surface area contributed by atoms with Gasteiger partial charge in [-0.3, -0.25) is 4.90 Å². The van der Waals surface area contributed by atoms with Crippen molar-refractivity contribution in [3.05, 3.63) is 0 Å². The maximum Gasteiger partial charge on any atom is 0.251 e. The molecule has 0 radical (unpaired) electrons. The minimum atomic E-state index is -2.19. The summed E-state index contributed by atoms with van der Waals surface area (Å²) in [7, 11) is 0. The van der Waals surface area contributed by atoms with Crippen molar-refractivity contribution in [3.63, 3.8) is 0 Å². The molecule has 2 unspecified atom stereocenters. The summed E-state index contributed by atoms with van der Waals surface area (Å²) in [4.78, 5) is 1.95. The van der Waals surface area contributed by atoms with Crippen molar-refractivity contribution in [1.82, 2.24) is 4.90 Å². The van der Waals surface area contributed by atoms with Gasteiger partial charge in [-0.1, -0.05) is 27.7 Å². The lowest BCUT2D eigenvalue weighted by Gasteiger charge is -2.31. The van der Waals surface area contributed by atoms with Gasteiger partial charge in [0.1, 0.15) is 0 Å². The predicted molar refractivity (Wildman–Crippen MR) is 68.3 cm³/mol. The zero-order chi connectivity index (χ0) is 13.0. The Morgan fingerprint density at radius 3 is 1.65 bits per heavy atom. The van der Waals surface area contributed by atoms with Crippen molar-refractivity contribution in [1.29, 1.82) is 0 Å². The third-order valence-corrected chi connectivity index (χ3v) is 4.22. The van der Waals surface area contributed by atoms with E-state index in [4.69, 9.17) is 0 Å². The van der Waals surface area contributed by atoms with Crippen LogP contribution in [-0.2, 0) is 0 Å². The highest BCUT2D eigenvalue weighted by Gasteiger charge is 2.30. The summed E-state index contributed by atoms with van der Waals surface area (Å²) in [5.74, 6) is 2.71. The summed E-state index contributed by atoms with van der Waals surface area (Å²) in [6, 6.07) is 0. The van der Waals surface area contributed by atoms with Gasteiger partial charge in [-0.25, -0.2) is 8.78 Å². The van der Waals surface area contributed by atoms with Crippen molar-refractivity contribution in [2.24, 2.45) is 23.7 Å². The minimum absolute atomic E-state index is 0.0460. The molecule has 0 aromatic rings. The van der Waals surface area contributed by atoms with Crippen LogP contribution in [0.4, 0.5) is 8.78 Å². The highest BCUT2D eigenvalue weighted by atomic mass is 19.3. The largest absolute Gasteiger partial charge is 0.298 e. The number of likely N-dealkylation sites (tertiary alicyclic amines) is 1. The van der Waals surface area contributed by atoms with E-state index in [9.17, 15) is 8.78 Å². The first-order chi connectivity index (χ1) is 7.91. The fourth-order valence-corrected chi connectivity index (χ4v) is 3.24. The van der Waals surface area contributed by atoms with E-state index < -0.39 is 6.43 Å². The van der Waals surface area contributed by atoms with Crippen LogP contribution < -0.4 is 0 Å². The number of halogens is 2. The van der Waals surface area contributed by atoms with Crippen molar-refractivity contribution in [2.45, 2.75) is 47.0 Å².